The van der Waals surface area contributed by atoms with E-state index in [4.69, 9.17) is 21.1 Å². The zero-order chi connectivity index (χ0) is 25.1. The summed E-state index contributed by atoms with van der Waals surface area (Å²) in [6, 6.07) is 9.15. The second kappa shape index (κ2) is 10.8. The molecule has 0 saturated carbocycles. The summed E-state index contributed by atoms with van der Waals surface area (Å²) >= 11 is 5.95. The number of hydrogen-bond acceptors (Lipinski definition) is 5. The van der Waals surface area contributed by atoms with Gasteiger partial charge in [-0.15, -0.1) is 0 Å². The number of morpholine rings is 1. The van der Waals surface area contributed by atoms with Crippen LogP contribution in [-0.2, 0) is 19.6 Å². The van der Waals surface area contributed by atoms with Crippen molar-refractivity contribution in [3.05, 3.63) is 59.1 Å². The van der Waals surface area contributed by atoms with Gasteiger partial charge >= 0.3 is 0 Å². The molecule has 0 radical (unpaired) electrons. The third kappa shape index (κ3) is 6.11. The van der Waals surface area contributed by atoms with Crippen molar-refractivity contribution in [2.75, 3.05) is 46.0 Å². The van der Waals surface area contributed by atoms with Gasteiger partial charge in [0.2, 0.25) is 15.9 Å². The maximum absolute atomic E-state index is 14.4. The molecule has 0 bridgehead atoms. The molecule has 1 amide bonds. The van der Waals surface area contributed by atoms with Crippen LogP contribution in [0, 0.1) is 17.0 Å². The van der Waals surface area contributed by atoms with E-state index in [0.717, 1.165) is 12.1 Å². The number of rotatable bonds is 7. The maximum atomic E-state index is 14.4. The van der Waals surface area contributed by atoms with E-state index in [9.17, 15) is 22.0 Å². The van der Waals surface area contributed by atoms with Gasteiger partial charge in [0.05, 0.1) is 19.8 Å². The molecule has 1 unspecified atom stereocenters. The second-order valence-electron chi connectivity index (χ2n) is 8.93. The van der Waals surface area contributed by atoms with Gasteiger partial charge in [-0.3, -0.25) is 4.79 Å². The number of halogens is 3. The van der Waals surface area contributed by atoms with Crippen LogP contribution in [0.15, 0.2) is 47.4 Å². The van der Waals surface area contributed by atoms with Gasteiger partial charge in [-0.1, -0.05) is 11.6 Å². The first kappa shape index (κ1) is 25.8. The molecule has 190 valence electrons. The van der Waals surface area contributed by atoms with E-state index in [1.54, 1.807) is 29.2 Å². The van der Waals surface area contributed by atoms with Gasteiger partial charge in [-0.2, -0.15) is 4.31 Å². The van der Waals surface area contributed by atoms with Crippen LogP contribution in [0.5, 0.6) is 5.75 Å². The van der Waals surface area contributed by atoms with Crippen molar-refractivity contribution in [2.45, 2.75) is 24.2 Å². The van der Waals surface area contributed by atoms with Crippen LogP contribution in [0.2, 0.25) is 5.02 Å². The van der Waals surface area contributed by atoms with E-state index in [1.807, 2.05) is 0 Å². The molecule has 2 heterocycles. The maximum Gasteiger partial charge on any atom is 0.246 e. The third-order valence-electron chi connectivity index (χ3n) is 6.39. The Kier molecular flexibility index (Phi) is 7.95. The Bertz CT molecular complexity index is 1160. The molecule has 2 aliphatic rings. The highest BCUT2D eigenvalue weighted by Gasteiger charge is 2.43. The lowest BCUT2D eigenvalue weighted by molar-refractivity contribution is -0.139. The van der Waals surface area contributed by atoms with Crippen LogP contribution in [0.4, 0.5) is 8.78 Å². The van der Waals surface area contributed by atoms with E-state index in [1.165, 1.54) is 4.31 Å². The average Bonchev–Trinajstić information content (AvgIpc) is 2.84. The lowest BCUT2D eigenvalue weighted by Gasteiger charge is -2.42. The van der Waals surface area contributed by atoms with Crippen LogP contribution >= 0.6 is 11.6 Å². The Hall–Kier alpha value is -2.27. The predicted octanol–water partition coefficient (Wildman–Crippen LogP) is 3.72. The van der Waals surface area contributed by atoms with Crippen molar-refractivity contribution in [1.29, 1.82) is 0 Å². The summed E-state index contributed by atoms with van der Waals surface area (Å²) in [5.74, 6) is -1.58. The highest BCUT2D eigenvalue weighted by Crippen LogP contribution is 2.38. The van der Waals surface area contributed by atoms with Crippen LogP contribution in [-0.4, -0.2) is 69.5 Å². The van der Waals surface area contributed by atoms with Gasteiger partial charge in [-0.05, 0) is 49.2 Å². The first-order chi connectivity index (χ1) is 16.7. The number of hydrogen-bond donors (Lipinski definition) is 0. The molecule has 0 spiro atoms. The largest absolute Gasteiger partial charge is 0.493 e. The fourth-order valence-electron chi connectivity index (χ4n) is 4.52. The molecule has 2 fully saturated rings. The zero-order valence-corrected chi connectivity index (χ0v) is 20.7. The SMILES string of the molecule is O=C(CC1(COc2ccc(Cl)cc2)CCCN(S(=O)(=O)c2ccc(F)cc2F)C1)N1CCOCC1. The molecule has 35 heavy (non-hydrogen) atoms. The Labute approximate surface area is 208 Å². The highest BCUT2D eigenvalue weighted by molar-refractivity contribution is 7.89. The first-order valence-electron chi connectivity index (χ1n) is 11.4. The number of carbonyl (C=O) groups excluding carboxylic acids is 1. The fourth-order valence-corrected chi connectivity index (χ4v) is 6.28. The number of amides is 1. The molecule has 2 aliphatic heterocycles. The van der Waals surface area contributed by atoms with Crippen LogP contribution < -0.4 is 4.74 Å². The highest BCUT2D eigenvalue weighted by atomic mass is 35.5. The Morgan fingerprint density at radius 1 is 1.09 bits per heavy atom. The van der Waals surface area contributed by atoms with Crippen molar-refractivity contribution in [2.24, 2.45) is 5.41 Å². The van der Waals surface area contributed by atoms with Crippen molar-refractivity contribution in [3.63, 3.8) is 0 Å². The van der Waals surface area contributed by atoms with E-state index in [0.29, 0.717) is 56.0 Å². The van der Waals surface area contributed by atoms with Crippen molar-refractivity contribution < 1.29 is 31.5 Å². The lowest BCUT2D eigenvalue weighted by atomic mass is 9.78. The van der Waals surface area contributed by atoms with Gasteiger partial charge in [-0.25, -0.2) is 17.2 Å². The average molecular weight is 529 g/mol. The molecule has 2 aromatic rings. The normalized spacial score (nSPS) is 21.6. The number of sulfonamides is 1. The molecule has 0 N–H and O–H groups in total. The zero-order valence-electron chi connectivity index (χ0n) is 19.1. The smallest absolute Gasteiger partial charge is 0.246 e. The Morgan fingerprint density at radius 3 is 2.49 bits per heavy atom. The Morgan fingerprint density at radius 2 is 1.80 bits per heavy atom. The molecule has 11 heteroatoms. The summed E-state index contributed by atoms with van der Waals surface area (Å²) in [4.78, 5) is 14.3. The van der Waals surface area contributed by atoms with E-state index in [2.05, 4.69) is 0 Å². The van der Waals surface area contributed by atoms with Crippen LogP contribution in [0.1, 0.15) is 19.3 Å². The number of ether oxygens (including phenoxy) is 2. The van der Waals surface area contributed by atoms with Crippen LogP contribution in [0.25, 0.3) is 0 Å². The topological polar surface area (TPSA) is 76.2 Å². The van der Waals surface area contributed by atoms with Crippen molar-refractivity contribution in [3.8, 4) is 5.75 Å². The van der Waals surface area contributed by atoms with E-state index in [-0.39, 0.29) is 32.0 Å². The lowest BCUT2D eigenvalue weighted by Crippen LogP contribution is -2.52. The minimum Gasteiger partial charge on any atom is -0.493 e. The molecule has 4 rings (SSSR count). The molecule has 1 atom stereocenters. The summed E-state index contributed by atoms with van der Waals surface area (Å²) in [5, 5.41) is 0.547. The minimum atomic E-state index is -4.26. The van der Waals surface area contributed by atoms with E-state index >= 15 is 0 Å². The summed E-state index contributed by atoms with van der Waals surface area (Å²) in [7, 11) is -4.26. The van der Waals surface area contributed by atoms with Crippen LogP contribution in [0.3, 0.4) is 0 Å². The summed E-state index contributed by atoms with van der Waals surface area (Å²) in [6.45, 7) is 2.05. The summed E-state index contributed by atoms with van der Waals surface area (Å²) in [6.07, 6.45) is 1.08. The minimum absolute atomic E-state index is 0.0319. The molecule has 2 saturated heterocycles. The van der Waals surface area contributed by atoms with Gasteiger partial charge in [0.15, 0.2) is 0 Å². The van der Waals surface area contributed by atoms with Gasteiger partial charge in [0.25, 0.3) is 0 Å². The summed E-state index contributed by atoms with van der Waals surface area (Å²) in [5.41, 5.74) is -0.836. The number of nitrogens with zero attached hydrogens (tertiary/aromatic N) is 2. The molecule has 7 nitrogen and oxygen atoms in total. The first-order valence-corrected chi connectivity index (χ1v) is 13.2. The molecular formula is C24H27ClF2N2O5S. The standard InChI is InChI=1S/C24H27ClF2N2O5S/c25-18-2-5-20(6-3-18)34-17-24(15-23(30)28-10-12-33-13-11-28)8-1-9-29(16-24)35(31,32)22-7-4-19(26)14-21(22)27/h2-7,14H,1,8-13,15-17H2. The van der Waals surface area contributed by atoms with Crippen molar-refractivity contribution in [1.82, 2.24) is 9.21 Å². The number of benzene rings is 2. The molecular weight excluding hydrogens is 502 g/mol. The molecule has 0 aromatic heterocycles. The third-order valence-corrected chi connectivity index (χ3v) is 8.52. The Balaban J connectivity index is 1.59. The fraction of sp³-hybridized carbons (Fsp3) is 0.458. The predicted molar refractivity (Wildman–Crippen MR) is 126 cm³/mol. The summed E-state index contributed by atoms with van der Waals surface area (Å²) < 4.78 is 66.9. The van der Waals surface area contributed by atoms with Gasteiger partial charge < -0.3 is 14.4 Å². The van der Waals surface area contributed by atoms with Gasteiger partial charge in [0, 0.05) is 49.1 Å². The number of piperidine rings is 1. The van der Waals surface area contributed by atoms with Gasteiger partial charge in [0.1, 0.15) is 22.3 Å². The second-order valence-corrected chi connectivity index (χ2v) is 11.3. The quantitative estimate of drug-likeness (QED) is 0.547. The monoisotopic (exact) mass is 528 g/mol. The van der Waals surface area contributed by atoms with Crippen molar-refractivity contribution >= 4 is 27.5 Å². The molecule has 0 aliphatic carbocycles. The molecule has 2 aromatic carbocycles. The van der Waals surface area contributed by atoms with E-state index < -0.39 is 32.0 Å². The number of carbonyl (C=O) groups is 1.